The van der Waals surface area contributed by atoms with E-state index in [0.717, 1.165) is 29.4 Å². The molecule has 2 atom stereocenters. The van der Waals surface area contributed by atoms with Crippen LogP contribution in [0.5, 0.6) is 0 Å². The molecule has 5 heteroatoms. The molecule has 2 unspecified atom stereocenters. The highest BCUT2D eigenvalue weighted by molar-refractivity contribution is 9.10. The fourth-order valence-corrected chi connectivity index (χ4v) is 3.19. The molecule has 1 heterocycles. The first-order valence-corrected chi connectivity index (χ1v) is 7.26. The van der Waals surface area contributed by atoms with Gasteiger partial charge in [0, 0.05) is 24.2 Å². The number of ether oxygens (including phenoxy) is 1. The highest BCUT2D eigenvalue weighted by Gasteiger charge is 2.28. The first-order valence-electron chi connectivity index (χ1n) is 6.47. The molecule has 3 nitrogen and oxygen atoms in total. The zero-order chi connectivity index (χ0) is 13.8. The topological polar surface area (TPSA) is 32.7 Å². The van der Waals surface area contributed by atoms with E-state index in [-0.39, 0.29) is 11.9 Å². The van der Waals surface area contributed by atoms with Crippen molar-refractivity contribution in [1.82, 2.24) is 4.90 Å². The van der Waals surface area contributed by atoms with Gasteiger partial charge in [-0.1, -0.05) is 15.9 Å². The number of β-amino-alcohol motifs (C(OH)–C–C–N with tert-alkyl or cyclic N) is 1. The lowest BCUT2D eigenvalue weighted by Crippen LogP contribution is -2.34. The maximum absolute atomic E-state index is 13.5. The fourth-order valence-electron chi connectivity index (χ4n) is 2.71. The number of aliphatic hydroxyl groups excluding tert-OH is 1. The molecule has 0 saturated carbocycles. The predicted octanol–water partition coefficient (Wildman–Crippen LogP) is 2.73. The van der Waals surface area contributed by atoms with E-state index in [4.69, 9.17) is 4.74 Å². The SMILES string of the molecule is COCC(O)CN1CCCC1c1cc(F)cc(Br)c1. The number of benzene rings is 1. The van der Waals surface area contributed by atoms with E-state index in [1.807, 2.05) is 6.07 Å². The molecule has 2 rings (SSSR count). The molecule has 1 saturated heterocycles. The third-order valence-corrected chi connectivity index (χ3v) is 3.90. The molecular formula is C14H19BrFNO2. The normalized spacial score (nSPS) is 21.8. The van der Waals surface area contributed by atoms with Crippen LogP contribution in [0.15, 0.2) is 22.7 Å². The molecule has 1 fully saturated rings. The second-order valence-electron chi connectivity index (χ2n) is 4.96. The Morgan fingerprint density at radius 1 is 1.53 bits per heavy atom. The number of halogens is 2. The number of hydrogen-bond donors (Lipinski definition) is 1. The van der Waals surface area contributed by atoms with Crippen LogP contribution >= 0.6 is 15.9 Å². The summed E-state index contributed by atoms with van der Waals surface area (Å²) < 4.78 is 19.2. The molecule has 0 spiro atoms. The van der Waals surface area contributed by atoms with Gasteiger partial charge in [-0.25, -0.2) is 4.39 Å². The summed E-state index contributed by atoms with van der Waals surface area (Å²) in [5, 5.41) is 9.83. The molecule has 1 aliphatic rings. The van der Waals surface area contributed by atoms with Crippen LogP contribution in [0.25, 0.3) is 0 Å². The maximum Gasteiger partial charge on any atom is 0.124 e. The summed E-state index contributed by atoms with van der Waals surface area (Å²) >= 11 is 3.33. The largest absolute Gasteiger partial charge is 0.389 e. The second kappa shape index (κ2) is 6.79. The Bertz CT molecular complexity index is 410. The lowest BCUT2D eigenvalue weighted by molar-refractivity contribution is 0.0346. The maximum atomic E-state index is 13.5. The van der Waals surface area contributed by atoms with Gasteiger partial charge in [-0.05, 0) is 43.1 Å². The van der Waals surface area contributed by atoms with Crippen molar-refractivity contribution in [2.75, 3.05) is 26.8 Å². The van der Waals surface area contributed by atoms with Gasteiger partial charge in [-0.15, -0.1) is 0 Å². The van der Waals surface area contributed by atoms with Crippen LogP contribution in [0, 0.1) is 5.82 Å². The van der Waals surface area contributed by atoms with E-state index >= 15 is 0 Å². The van der Waals surface area contributed by atoms with Gasteiger partial charge < -0.3 is 9.84 Å². The van der Waals surface area contributed by atoms with Crippen LogP contribution in [-0.4, -0.2) is 42.9 Å². The van der Waals surface area contributed by atoms with Gasteiger partial charge >= 0.3 is 0 Å². The van der Waals surface area contributed by atoms with Crippen molar-refractivity contribution in [3.8, 4) is 0 Å². The number of hydrogen-bond acceptors (Lipinski definition) is 3. The average Bonchev–Trinajstić information content (AvgIpc) is 2.76. The summed E-state index contributed by atoms with van der Waals surface area (Å²) in [5.74, 6) is -0.228. The van der Waals surface area contributed by atoms with Gasteiger partial charge in [0.05, 0.1) is 12.7 Å². The molecule has 1 N–H and O–H groups in total. The number of rotatable bonds is 5. The molecule has 106 valence electrons. The summed E-state index contributed by atoms with van der Waals surface area (Å²) in [7, 11) is 1.58. The monoisotopic (exact) mass is 331 g/mol. The fraction of sp³-hybridized carbons (Fsp3) is 0.571. The number of aliphatic hydroxyl groups is 1. The van der Waals surface area contributed by atoms with Crippen molar-refractivity contribution in [1.29, 1.82) is 0 Å². The van der Waals surface area contributed by atoms with E-state index in [1.165, 1.54) is 6.07 Å². The zero-order valence-corrected chi connectivity index (χ0v) is 12.6. The number of methoxy groups -OCH3 is 1. The second-order valence-corrected chi connectivity index (χ2v) is 5.88. The number of nitrogens with zero attached hydrogens (tertiary/aromatic N) is 1. The lowest BCUT2D eigenvalue weighted by Gasteiger charge is -2.27. The Kier molecular flexibility index (Phi) is 5.33. The highest BCUT2D eigenvalue weighted by Crippen LogP contribution is 2.33. The summed E-state index contributed by atoms with van der Waals surface area (Å²) in [4.78, 5) is 2.20. The van der Waals surface area contributed by atoms with Crippen molar-refractivity contribution in [3.63, 3.8) is 0 Å². The molecule has 0 bridgehead atoms. The molecule has 1 aromatic rings. The van der Waals surface area contributed by atoms with Crippen LogP contribution < -0.4 is 0 Å². The van der Waals surface area contributed by atoms with Crippen LogP contribution in [0.3, 0.4) is 0 Å². The lowest BCUT2D eigenvalue weighted by atomic mass is 10.0. The van der Waals surface area contributed by atoms with Crippen LogP contribution in [0.2, 0.25) is 0 Å². The Labute approximate surface area is 121 Å². The third-order valence-electron chi connectivity index (χ3n) is 3.44. The first kappa shape index (κ1) is 14.9. The molecule has 0 aromatic heterocycles. The number of likely N-dealkylation sites (tertiary alicyclic amines) is 1. The van der Waals surface area contributed by atoms with Crippen LogP contribution in [0.4, 0.5) is 4.39 Å². The van der Waals surface area contributed by atoms with Crippen LogP contribution in [-0.2, 0) is 4.74 Å². The van der Waals surface area contributed by atoms with Gasteiger partial charge in [-0.2, -0.15) is 0 Å². The zero-order valence-electron chi connectivity index (χ0n) is 11.0. The van der Waals surface area contributed by atoms with Crippen molar-refractivity contribution < 1.29 is 14.2 Å². The van der Waals surface area contributed by atoms with Crippen molar-refractivity contribution in [2.24, 2.45) is 0 Å². The average molecular weight is 332 g/mol. The van der Waals surface area contributed by atoms with Gasteiger partial charge in [0.25, 0.3) is 0 Å². The van der Waals surface area contributed by atoms with Crippen LogP contribution in [0.1, 0.15) is 24.4 Å². The van der Waals surface area contributed by atoms with Gasteiger partial charge in [0.2, 0.25) is 0 Å². The van der Waals surface area contributed by atoms with E-state index in [9.17, 15) is 9.50 Å². The van der Waals surface area contributed by atoms with Crippen molar-refractivity contribution in [3.05, 3.63) is 34.1 Å². The minimum absolute atomic E-state index is 0.179. The van der Waals surface area contributed by atoms with E-state index in [2.05, 4.69) is 20.8 Å². The van der Waals surface area contributed by atoms with Gasteiger partial charge in [0.15, 0.2) is 0 Å². The van der Waals surface area contributed by atoms with E-state index in [1.54, 1.807) is 13.2 Å². The minimum Gasteiger partial charge on any atom is -0.389 e. The Morgan fingerprint density at radius 3 is 3.00 bits per heavy atom. The summed E-state index contributed by atoms with van der Waals surface area (Å²) in [6.45, 7) is 1.82. The minimum atomic E-state index is -0.498. The van der Waals surface area contributed by atoms with Crippen molar-refractivity contribution in [2.45, 2.75) is 25.0 Å². The summed E-state index contributed by atoms with van der Waals surface area (Å²) in [6.07, 6.45) is 1.57. The molecule has 19 heavy (non-hydrogen) atoms. The quantitative estimate of drug-likeness (QED) is 0.900. The molecular weight excluding hydrogens is 313 g/mol. The predicted molar refractivity (Wildman–Crippen MR) is 75.5 cm³/mol. The standard InChI is InChI=1S/C14H19BrFNO2/c1-19-9-13(18)8-17-4-2-3-14(17)10-5-11(15)7-12(16)6-10/h5-7,13-14,18H,2-4,8-9H2,1H3. The Balaban J connectivity index is 2.09. The smallest absolute Gasteiger partial charge is 0.124 e. The molecule has 1 aliphatic heterocycles. The Hall–Kier alpha value is -0.490. The molecule has 1 aromatic carbocycles. The molecule has 0 aliphatic carbocycles. The molecule has 0 radical (unpaired) electrons. The van der Waals surface area contributed by atoms with Gasteiger partial charge in [0.1, 0.15) is 5.82 Å². The van der Waals surface area contributed by atoms with E-state index < -0.39 is 6.10 Å². The van der Waals surface area contributed by atoms with Gasteiger partial charge in [-0.3, -0.25) is 4.90 Å². The van der Waals surface area contributed by atoms with E-state index in [0.29, 0.717) is 13.2 Å². The Morgan fingerprint density at radius 2 is 2.32 bits per heavy atom. The third kappa shape index (κ3) is 3.99. The molecule has 0 amide bonds. The first-order chi connectivity index (χ1) is 9.10. The summed E-state index contributed by atoms with van der Waals surface area (Å²) in [5.41, 5.74) is 0.967. The highest BCUT2D eigenvalue weighted by atomic mass is 79.9. The van der Waals surface area contributed by atoms with Crippen molar-refractivity contribution >= 4 is 15.9 Å². The summed E-state index contributed by atoms with van der Waals surface area (Å²) in [6, 6.07) is 5.17.